The van der Waals surface area contributed by atoms with Crippen molar-refractivity contribution in [2.75, 3.05) is 0 Å². The van der Waals surface area contributed by atoms with Crippen molar-refractivity contribution in [2.45, 2.75) is 96.0 Å². The second kappa shape index (κ2) is 7.72. The third-order valence-electron chi connectivity index (χ3n) is 9.11. The van der Waals surface area contributed by atoms with E-state index in [1.54, 1.807) is 0 Å². The number of esters is 1. The average Bonchev–Trinajstić information content (AvgIpc) is 3.34. The minimum atomic E-state index is -0.110. The number of carbonyl (C=O) groups excluding carboxylic acids is 1. The molecule has 1 N–H and O–H groups in total. The monoisotopic (exact) mass is 396 g/mol. The van der Waals surface area contributed by atoms with Crippen LogP contribution >= 0.6 is 0 Å². The lowest BCUT2D eigenvalue weighted by atomic mass is 9.55. The predicted octanol–water partition coefficient (Wildman–Crippen LogP) is 5.78. The number of carbonyl (C=O) groups is 1. The summed E-state index contributed by atoms with van der Waals surface area (Å²) in [4.78, 5) is 12.3. The van der Waals surface area contributed by atoms with E-state index in [2.05, 4.69) is 19.1 Å². The SMILES string of the molecule is CC12CCC3c4ccc(OC(=O)CCC5CCCC5)cc4CCC3C1CCC2O. The van der Waals surface area contributed by atoms with Gasteiger partial charge in [-0.2, -0.15) is 0 Å². The maximum Gasteiger partial charge on any atom is 0.311 e. The molecule has 5 unspecified atom stereocenters. The third-order valence-corrected chi connectivity index (χ3v) is 9.11. The number of fused-ring (bicyclic) bond motifs is 5. The summed E-state index contributed by atoms with van der Waals surface area (Å²) in [7, 11) is 0. The maximum absolute atomic E-state index is 12.3. The summed E-state index contributed by atoms with van der Waals surface area (Å²) >= 11 is 0. The molecule has 29 heavy (non-hydrogen) atoms. The zero-order valence-electron chi connectivity index (χ0n) is 17.9. The van der Waals surface area contributed by atoms with Crippen molar-refractivity contribution < 1.29 is 14.6 Å². The van der Waals surface area contributed by atoms with Gasteiger partial charge in [0, 0.05) is 6.42 Å². The van der Waals surface area contributed by atoms with E-state index in [-0.39, 0.29) is 17.5 Å². The molecule has 4 aliphatic carbocycles. The highest BCUT2D eigenvalue weighted by Crippen LogP contribution is 2.60. The molecule has 3 heteroatoms. The molecule has 0 aromatic heterocycles. The molecule has 0 bridgehead atoms. The first-order chi connectivity index (χ1) is 14.0. The fraction of sp³-hybridized carbons (Fsp3) is 0.731. The highest BCUT2D eigenvalue weighted by molar-refractivity contribution is 5.72. The minimum Gasteiger partial charge on any atom is -0.427 e. The van der Waals surface area contributed by atoms with E-state index < -0.39 is 0 Å². The van der Waals surface area contributed by atoms with Crippen molar-refractivity contribution in [3.05, 3.63) is 29.3 Å². The first-order valence-electron chi connectivity index (χ1n) is 12.1. The Morgan fingerprint density at radius 3 is 2.79 bits per heavy atom. The van der Waals surface area contributed by atoms with E-state index >= 15 is 0 Å². The summed E-state index contributed by atoms with van der Waals surface area (Å²) in [6, 6.07) is 6.39. The largest absolute Gasteiger partial charge is 0.427 e. The van der Waals surface area contributed by atoms with Crippen LogP contribution in [-0.2, 0) is 11.2 Å². The summed E-state index contributed by atoms with van der Waals surface area (Å²) in [5.41, 5.74) is 3.00. The normalized spacial score (nSPS) is 36.3. The van der Waals surface area contributed by atoms with E-state index in [0.717, 1.165) is 37.4 Å². The fourth-order valence-electron chi connectivity index (χ4n) is 7.40. The molecule has 5 atom stereocenters. The molecule has 3 fully saturated rings. The van der Waals surface area contributed by atoms with Crippen LogP contribution in [0.2, 0.25) is 0 Å². The Balaban J connectivity index is 1.25. The predicted molar refractivity (Wildman–Crippen MR) is 114 cm³/mol. The minimum absolute atomic E-state index is 0.0705. The standard InChI is InChI=1S/C26H36O3/c1-26-15-14-21-20-10-8-19(29-25(28)13-6-17-4-2-3-5-17)16-18(20)7-9-22(21)23(26)11-12-24(26)27/h8,10,16-17,21-24,27H,2-7,9,11-15H2,1H3. The summed E-state index contributed by atoms with van der Waals surface area (Å²) in [6.07, 6.45) is 13.4. The van der Waals surface area contributed by atoms with Crippen molar-refractivity contribution in [1.82, 2.24) is 0 Å². The molecule has 158 valence electrons. The zero-order chi connectivity index (χ0) is 20.0. The highest BCUT2D eigenvalue weighted by Gasteiger charge is 2.54. The van der Waals surface area contributed by atoms with E-state index in [0.29, 0.717) is 24.2 Å². The molecule has 0 saturated heterocycles. The Morgan fingerprint density at radius 2 is 1.97 bits per heavy atom. The molecule has 0 aliphatic heterocycles. The lowest BCUT2D eigenvalue weighted by molar-refractivity contribution is -0.134. The summed E-state index contributed by atoms with van der Waals surface area (Å²) in [5.74, 6) is 3.38. The number of hydrogen-bond donors (Lipinski definition) is 1. The first kappa shape index (κ1) is 19.6. The van der Waals surface area contributed by atoms with Crippen LogP contribution in [0, 0.1) is 23.2 Å². The van der Waals surface area contributed by atoms with Crippen LogP contribution in [0.4, 0.5) is 0 Å². The lowest BCUT2D eigenvalue weighted by Gasteiger charge is -2.50. The van der Waals surface area contributed by atoms with Gasteiger partial charge in [-0.15, -0.1) is 0 Å². The van der Waals surface area contributed by atoms with Crippen molar-refractivity contribution in [3.8, 4) is 5.75 Å². The topological polar surface area (TPSA) is 46.5 Å². The molecular weight excluding hydrogens is 360 g/mol. The smallest absolute Gasteiger partial charge is 0.311 e. The Morgan fingerprint density at radius 1 is 1.14 bits per heavy atom. The van der Waals surface area contributed by atoms with Crippen molar-refractivity contribution >= 4 is 5.97 Å². The number of aryl methyl sites for hydroxylation is 1. The average molecular weight is 397 g/mol. The highest BCUT2D eigenvalue weighted by atomic mass is 16.5. The number of ether oxygens (including phenoxy) is 1. The number of rotatable bonds is 4. The molecule has 1 aromatic rings. The van der Waals surface area contributed by atoms with Crippen LogP contribution in [0.1, 0.15) is 94.6 Å². The first-order valence-corrected chi connectivity index (χ1v) is 12.1. The number of aliphatic hydroxyl groups excluding tert-OH is 1. The van der Waals surface area contributed by atoms with Crippen molar-refractivity contribution in [1.29, 1.82) is 0 Å². The van der Waals surface area contributed by atoms with Crippen molar-refractivity contribution in [2.24, 2.45) is 23.2 Å². The fourth-order valence-corrected chi connectivity index (χ4v) is 7.40. The Bertz CT molecular complexity index is 765. The van der Waals surface area contributed by atoms with E-state index in [1.807, 2.05) is 6.07 Å². The van der Waals surface area contributed by atoms with E-state index in [4.69, 9.17) is 4.74 Å². The number of aliphatic hydroxyl groups is 1. The Hall–Kier alpha value is -1.35. The van der Waals surface area contributed by atoms with Crippen LogP contribution in [0.5, 0.6) is 5.75 Å². The van der Waals surface area contributed by atoms with Crippen LogP contribution in [0.3, 0.4) is 0 Å². The summed E-state index contributed by atoms with van der Waals surface area (Å²) in [5, 5.41) is 10.6. The van der Waals surface area contributed by atoms with Gasteiger partial charge < -0.3 is 9.84 Å². The zero-order valence-corrected chi connectivity index (χ0v) is 17.9. The van der Waals surface area contributed by atoms with Crippen LogP contribution < -0.4 is 4.74 Å². The van der Waals surface area contributed by atoms with Gasteiger partial charge in [0.05, 0.1) is 6.10 Å². The molecular formula is C26H36O3. The number of benzene rings is 1. The molecule has 5 rings (SSSR count). The molecule has 0 amide bonds. The van der Waals surface area contributed by atoms with Crippen LogP contribution in [0.15, 0.2) is 18.2 Å². The molecule has 0 spiro atoms. The Labute approximate surface area is 175 Å². The maximum atomic E-state index is 12.3. The quantitative estimate of drug-likeness (QED) is 0.518. The lowest BCUT2D eigenvalue weighted by Crippen LogP contribution is -2.43. The second-order valence-corrected chi connectivity index (χ2v) is 10.6. The van der Waals surface area contributed by atoms with Gasteiger partial charge in [0.1, 0.15) is 5.75 Å². The summed E-state index contributed by atoms with van der Waals surface area (Å²) in [6.45, 7) is 2.33. The van der Waals surface area contributed by atoms with Crippen molar-refractivity contribution in [3.63, 3.8) is 0 Å². The van der Waals surface area contributed by atoms with Gasteiger partial charge in [-0.25, -0.2) is 0 Å². The Kier molecular flexibility index (Phi) is 5.22. The number of hydrogen-bond acceptors (Lipinski definition) is 3. The van der Waals surface area contributed by atoms with E-state index in [1.165, 1.54) is 56.1 Å². The molecule has 3 saturated carbocycles. The molecule has 0 heterocycles. The van der Waals surface area contributed by atoms with Gasteiger partial charge in [0.15, 0.2) is 0 Å². The van der Waals surface area contributed by atoms with E-state index in [9.17, 15) is 9.90 Å². The van der Waals surface area contributed by atoms with Gasteiger partial charge in [-0.05, 0) is 97.3 Å². The van der Waals surface area contributed by atoms with Crippen LogP contribution in [0.25, 0.3) is 0 Å². The summed E-state index contributed by atoms with van der Waals surface area (Å²) < 4.78 is 5.70. The molecule has 3 nitrogen and oxygen atoms in total. The molecule has 4 aliphatic rings. The molecule has 0 radical (unpaired) electrons. The van der Waals surface area contributed by atoms with Gasteiger partial charge in [0.2, 0.25) is 0 Å². The van der Waals surface area contributed by atoms with Gasteiger partial charge in [0.25, 0.3) is 0 Å². The van der Waals surface area contributed by atoms with Crippen LogP contribution in [-0.4, -0.2) is 17.2 Å². The third kappa shape index (κ3) is 3.54. The van der Waals surface area contributed by atoms with Gasteiger partial charge >= 0.3 is 5.97 Å². The molecule has 1 aromatic carbocycles. The van der Waals surface area contributed by atoms with Gasteiger partial charge in [-0.1, -0.05) is 38.7 Å². The second-order valence-electron chi connectivity index (χ2n) is 10.6. The van der Waals surface area contributed by atoms with Gasteiger partial charge in [-0.3, -0.25) is 4.79 Å².